The van der Waals surface area contributed by atoms with E-state index in [1.54, 1.807) is 11.1 Å². The largest absolute Gasteiger partial charge is 0.494 e. The van der Waals surface area contributed by atoms with Gasteiger partial charge in [0.2, 0.25) is 0 Å². The summed E-state index contributed by atoms with van der Waals surface area (Å²) in [5.41, 5.74) is 2.48. The third-order valence-corrected chi connectivity index (χ3v) is 4.36. The first kappa shape index (κ1) is 15.8. The summed E-state index contributed by atoms with van der Waals surface area (Å²) in [7, 11) is 0. The zero-order chi connectivity index (χ0) is 17.4. The number of pyridine rings is 1. The molecular formula is C18H18F2N4O. The van der Waals surface area contributed by atoms with Crippen molar-refractivity contribution in [2.24, 2.45) is 0 Å². The zero-order valence-corrected chi connectivity index (χ0v) is 13.8. The van der Waals surface area contributed by atoms with E-state index in [-0.39, 0.29) is 13.0 Å². The minimum absolute atomic E-state index is 0.137. The van der Waals surface area contributed by atoms with Gasteiger partial charge in [-0.2, -0.15) is 5.10 Å². The molecular weight excluding hydrogens is 326 g/mol. The van der Waals surface area contributed by atoms with Crippen LogP contribution in [0.2, 0.25) is 0 Å². The molecule has 25 heavy (non-hydrogen) atoms. The Balaban J connectivity index is 1.71. The van der Waals surface area contributed by atoms with Crippen LogP contribution in [0.15, 0.2) is 36.5 Å². The number of H-pyrrole nitrogens is 1. The van der Waals surface area contributed by atoms with Crippen molar-refractivity contribution >= 4 is 16.7 Å². The fourth-order valence-corrected chi connectivity index (χ4v) is 3.14. The highest BCUT2D eigenvalue weighted by Crippen LogP contribution is 2.33. The Hall–Kier alpha value is -2.70. The van der Waals surface area contributed by atoms with Gasteiger partial charge in [0.15, 0.2) is 0 Å². The lowest BCUT2D eigenvalue weighted by atomic mass is 10.1. The van der Waals surface area contributed by atoms with E-state index in [4.69, 9.17) is 4.74 Å². The minimum atomic E-state index is -2.65. The number of hydrogen-bond donors (Lipinski definition) is 1. The molecule has 0 amide bonds. The molecule has 0 radical (unpaired) electrons. The van der Waals surface area contributed by atoms with E-state index in [9.17, 15) is 8.78 Å². The number of nitrogens with one attached hydrogen (secondary N) is 1. The van der Waals surface area contributed by atoms with Crippen LogP contribution in [0.4, 0.5) is 14.6 Å². The number of benzene rings is 1. The van der Waals surface area contributed by atoms with Gasteiger partial charge in [-0.1, -0.05) is 0 Å². The van der Waals surface area contributed by atoms with Crippen molar-refractivity contribution < 1.29 is 13.5 Å². The molecule has 1 aliphatic rings. The van der Waals surface area contributed by atoms with Crippen molar-refractivity contribution in [3.8, 4) is 17.0 Å². The number of nitrogens with zero attached hydrogens (tertiary/aromatic N) is 3. The first-order chi connectivity index (χ1) is 12.1. The summed E-state index contributed by atoms with van der Waals surface area (Å²) in [6.45, 7) is 2.53. The second-order valence-corrected chi connectivity index (χ2v) is 6.14. The standard InChI is InChI=1S/C18H18F2N4O/c1-2-25-13-3-4-15-14(10-13)17(23-22-15)12-5-7-21-16(9-12)24-8-6-18(19,20)11-24/h3-5,7,9-10H,2,6,8,11H2,1H3,(H,22,23). The molecule has 1 saturated heterocycles. The smallest absolute Gasteiger partial charge is 0.266 e. The van der Waals surface area contributed by atoms with Crippen LogP contribution in [0.1, 0.15) is 13.3 Å². The average molecular weight is 344 g/mol. The Morgan fingerprint density at radius 2 is 2.16 bits per heavy atom. The maximum absolute atomic E-state index is 13.5. The summed E-state index contributed by atoms with van der Waals surface area (Å²) in [5, 5.41) is 8.31. The Morgan fingerprint density at radius 1 is 1.28 bits per heavy atom. The van der Waals surface area contributed by atoms with E-state index in [2.05, 4.69) is 15.2 Å². The molecule has 0 aliphatic carbocycles. The van der Waals surface area contributed by atoms with Crippen LogP contribution in [0.25, 0.3) is 22.2 Å². The lowest BCUT2D eigenvalue weighted by Gasteiger charge is -2.17. The number of ether oxygens (including phenoxy) is 1. The summed E-state index contributed by atoms with van der Waals surface area (Å²) >= 11 is 0. The predicted octanol–water partition coefficient (Wildman–Crippen LogP) is 3.87. The van der Waals surface area contributed by atoms with Crippen molar-refractivity contribution in [3.63, 3.8) is 0 Å². The molecule has 1 N–H and O–H groups in total. The SMILES string of the molecule is CCOc1ccc2[nH]nc(-c3ccnc(N4CCC(F)(F)C4)c3)c2c1. The molecule has 0 atom stereocenters. The molecule has 2 aromatic heterocycles. The highest BCUT2D eigenvalue weighted by atomic mass is 19.3. The molecule has 1 aliphatic heterocycles. The number of aromatic nitrogens is 3. The summed E-state index contributed by atoms with van der Waals surface area (Å²) in [4.78, 5) is 5.87. The van der Waals surface area contributed by atoms with E-state index in [1.165, 1.54) is 0 Å². The number of halogens is 2. The predicted molar refractivity (Wildman–Crippen MR) is 92.3 cm³/mol. The maximum atomic E-state index is 13.5. The summed E-state index contributed by atoms with van der Waals surface area (Å²) in [6.07, 6.45) is 1.50. The lowest BCUT2D eigenvalue weighted by Crippen LogP contribution is -2.25. The lowest BCUT2D eigenvalue weighted by molar-refractivity contribution is 0.0256. The Morgan fingerprint density at radius 3 is 2.92 bits per heavy atom. The second kappa shape index (κ2) is 5.98. The second-order valence-electron chi connectivity index (χ2n) is 6.14. The van der Waals surface area contributed by atoms with Gasteiger partial charge >= 0.3 is 0 Å². The molecule has 0 saturated carbocycles. The van der Waals surface area contributed by atoms with Crippen molar-refractivity contribution in [2.75, 3.05) is 24.6 Å². The molecule has 3 heterocycles. The number of hydrogen-bond acceptors (Lipinski definition) is 4. The van der Waals surface area contributed by atoms with Crippen LogP contribution in [0, 0.1) is 0 Å². The Kier molecular flexibility index (Phi) is 3.78. The zero-order valence-electron chi connectivity index (χ0n) is 13.8. The van der Waals surface area contributed by atoms with Crippen molar-refractivity contribution in [1.82, 2.24) is 15.2 Å². The molecule has 7 heteroatoms. The Bertz CT molecular complexity index is 909. The van der Waals surface area contributed by atoms with Gasteiger partial charge in [0, 0.05) is 30.1 Å². The van der Waals surface area contributed by atoms with E-state index in [1.807, 2.05) is 37.3 Å². The topological polar surface area (TPSA) is 54.0 Å². The number of rotatable bonds is 4. The first-order valence-corrected chi connectivity index (χ1v) is 8.26. The number of aromatic amines is 1. The van der Waals surface area contributed by atoms with Gasteiger partial charge in [0.25, 0.3) is 5.92 Å². The van der Waals surface area contributed by atoms with Gasteiger partial charge in [0.05, 0.1) is 18.7 Å². The van der Waals surface area contributed by atoms with Crippen LogP contribution in [-0.2, 0) is 0 Å². The van der Waals surface area contributed by atoms with Gasteiger partial charge in [-0.3, -0.25) is 5.10 Å². The van der Waals surface area contributed by atoms with Crippen LogP contribution >= 0.6 is 0 Å². The van der Waals surface area contributed by atoms with Gasteiger partial charge in [0.1, 0.15) is 17.3 Å². The van der Waals surface area contributed by atoms with Gasteiger partial charge in [-0.25, -0.2) is 13.8 Å². The van der Waals surface area contributed by atoms with Crippen LogP contribution in [-0.4, -0.2) is 40.8 Å². The number of anilines is 1. The normalized spacial score (nSPS) is 16.5. The molecule has 5 nitrogen and oxygen atoms in total. The van der Waals surface area contributed by atoms with Crippen molar-refractivity contribution in [2.45, 2.75) is 19.3 Å². The van der Waals surface area contributed by atoms with E-state index in [0.29, 0.717) is 19.0 Å². The van der Waals surface area contributed by atoms with Crippen LogP contribution in [0.5, 0.6) is 5.75 Å². The molecule has 0 bridgehead atoms. The van der Waals surface area contributed by atoms with Crippen LogP contribution in [0.3, 0.4) is 0 Å². The average Bonchev–Trinajstić information content (AvgIpc) is 3.18. The van der Waals surface area contributed by atoms with Gasteiger partial charge in [-0.05, 0) is 37.3 Å². The molecule has 1 fully saturated rings. The highest BCUT2D eigenvalue weighted by molar-refractivity contribution is 5.94. The summed E-state index contributed by atoms with van der Waals surface area (Å²) in [6, 6.07) is 9.38. The van der Waals surface area contributed by atoms with Crippen molar-refractivity contribution in [3.05, 3.63) is 36.5 Å². The van der Waals surface area contributed by atoms with Crippen LogP contribution < -0.4 is 9.64 Å². The third-order valence-electron chi connectivity index (χ3n) is 4.36. The van der Waals surface area contributed by atoms with E-state index >= 15 is 0 Å². The third kappa shape index (κ3) is 3.01. The maximum Gasteiger partial charge on any atom is 0.266 e. The molecule has 1 aromatic carbocycles. The van der Waals surface area contributed by atoms with E-state index in [0.717, 1.165) is 27.9 Å². The minimum Gasteiger partial charge on any atom is -0.494 e. The molecule has 0 spiro atoms. The Labute approximate surface area is 143 Å². The quantitative estimate of drug-likeness (QED) is 0.781. The monoisotopic (exact) mass is 344 g/mol. The number of fused-ring (bicyclic) bond motifs is 1. The molecule has 130 valence electrons. The van der Waals surface area contributed by atoms with Gasteiger partial charge < -0.3 is 9.64 Å². The molecule has 0 unspecified atom stereocenters. The van der Waals surface area contributed by atoms with Gasteiger partial charge in [-0.15, -0.1) is 0 Å². The molecule has 3 aromatic rings. The summed E-state index contributed by atoms with van der Waals surface area (Å²) < 4.78 is 32.5. The van der Waals surface area contributed by atoms with Crippen molar-refractivity contribution in [1.29, 1.82) is 0 Å². The number of alkyl halides is 2. The highest BCUT2D eigenvalue weighted by Gasteiger charge is 2.38. The summed E-state index contributed by atoms with van der Waals surface area (Å²) in [5.74, 6) is -1.33. The molecule has 4 rings (SSSR count). The fraction of sp³-hybridized carbons (Fsp3) is 0.333. The fourth-order valence-electron chi connectivity index (χ4n) is 3.14. The first-order valence-electron chi connectivity index (χ1n) is 8.26. The van der Waals surface area contributed by atoms with E-state index < -0.39 is 5.92 Å².